The standard InChI is InChI=1S/C17H19NO2S/c1-12-9-10-21-16(12)17(19)18-13-5-4-8-15(11-13)20-14-6-2-3-7-14/h4-5,8-11,14H,2-3,6-7H2,1H3,(H,18,19). The van der Waals surface area contributed by atoms with Crippen LogP contribution in [0, 0.1) is 6.92 Å². The van der Waals surface area contributed by atoms with E-state index in [9.17, 15) is 4.79 Å². The Hall–Kier alpha value is -1.81. The number of thiophene rings is 1. The van der Waals surface area contributed by atoms with Gasteiger partial charge in [-0.05, 0) is 61.7 Å². The summed E-state index contributed by atoms with van der Waals surface area (Å²) in [5, 5.41) is 4.88. The molecule has 1 aliphatic carbocycles. The van der Waals surface area contributed by atoms with E-state index in [0.717, 1.165) is 34.7 Å². The van der Waals surface area contributed by atoms with Gasteiger partial charge in [-0.2, -0.15) is 0 Å². The van der Waals surface area contributed by atoms with Crippen molar-refractivity contribution in [1.29, 1.82) is 0 Å². The summed E-state index contributed by atoms with van der Waals surface area (Å²) in [6.07, 6.45) is 5.09. The topological polar surface area (TPSA) is 38.3 Å². The van der Waals surface area contributed by atoms with Gasteiger partial charge in [0.2, 0.25) is 0 Å². The smallest absolute Gasteiger partial charge is 0.265 e. The van der Waals surface area contributed by atoms with Gasteiger partial charge in [0, 0.05) is 11.8 Å². The first-order valence-electron chi connectivity index (χ1n) is 7.34. The van der Waals surface area contributed by atoms with E-state index >= 15 is 0 Å². The number of carbonyl (C=O) groups excluding carboxylic acids is 1. The second kappa shape index (κ2) is 6.31. The first-order chi connectivity index (χ1) is 10.2. The van der Waals surface area contributed by atoms with E-state index in [2.05, 4.69) is 5.32 Å². The Bertz CT molecular complexity index is 629. The Labute approximate surface area is 129 Å². The van der Waals surface area contributed by atoms with Gasteiger partial charge in [-0.1, -0.05) is 6.07 Å². The van der Waals surface area contributed by atoms with Crippen molar-refractivity contribution in [1.82, 2.24) is 0 Å². The summed E-state index contributed by atoms with van der Waals surface area (Å²) in [4.78, 5) is 13.0. The summed E-state index contributed by atoms with van der Waals surface area (Å²) < 4.78 is 5.96. The van der Waals surface area contributed by atoms with E-state index in [4.69, 9.17) is 4.74 Å². The molecule has 4 heteroatoms. The van der Waals surface area contributed by atoms with Crippen LogP contribution in [0.3, 0.4) is 0 Å². The molecule has 2 aromatic rings. The predicted molar refractivity (Wildman–Crippen MR) is 86.3 cm³/mol. The molecule has 3 rings (SSSR count). The number of amides is 1. The van der Waals surface area contributed by atoms with Crippen LogP contribution in [0.4, 0.5) is 5.69 Å². The molecule has 0 spiro atoms. The average molecular weight is 301 g/mol. The van der Waals surface area contributed by atoms with Crippen molar-refractivity contribution in [2.24, 2.45) is 0 Å². The molecule has 0 aliphatic heterocycles. The molecule has 0 unspecified atom stereocenters. The van der Waals surface area contributed by atoms with Gasteiger partial charge in [0.25, 0.3) is 5.91 Å². The highest BCUT2D eigenvalue weighted by Gasteiger charge is 2.17. The third kappa shape index (κ3) is 3.45. The minimum absolute atomic E-state index is 0.0551. The predicted octanol–water partition coefficient (Wildman–Crippen LogP) is 4.63. The second-order valence-corrected chi connectivity index (χ2v) is 6.36. The van der Waals surface area contributed by atoms with Crippen LogP contribution >= 0.6 is 11.3 Å². The fourth-order valence-electron chi connectivity index (χ4n) is 2.64. The van der Waals surface area contributed by atoms with Crippen LogP contribution in [0.2, 0.25) is 0 Å². The lowest BCUT2D eigenvalue weighted by Gasteiger charge is -2.14. The number of carbonyl (C=O) groups is 1. The Morgan fingerprint density at radius 1 is 1.29 bits per heavy atom. The fourth-order valence-corrected chi connectivity index (χ4v) is 3.46. The molecule has 1 amide bonds. The Kier molecular flexibility index (Phi) is 4.25. The van der Waals surface area contributed by atoms with Gasteiger partial charge in [0.15, 0.2) is 0 Å². The Morgan fingerprint density at radius 2 is 2.10 bits per heavy atom. The first-order valence-corrected chi connectivity index (χ1v) is 8.22. The minimum Gasteiger partial charge on any atom is -0.490 e. The van der Waals surface area contributed by atoms with Crippen molar-refractivity contribution >= 4 is 22.9 Å². The van der Waals surface area contributed by atoms with E-state index in [1.807, 2.05) is 42.6 Å². The fraction of sp³-hybridized carbons (Fsp3) is 0.353. The molecule has 0 atom stereocenters. The Balaban J connectivity index is 1.68. The Morgan fingerprint density at radius 3 is 2.81 bits per heavy atom. The van der Waals surface area contributed by atoms with Crippen molar-refractivity contribution in [3.8, 4) is 5.75 Å². The van der Waals surface area contributed by atoms with Crippen molar-refractivity contribution in [2.75, 3.05) is 5.32 Å². The first kappa shape index (κ1) is 14.1. The normalized spacial score (nSPS) is 15.1. The number of hydrogen-bond donors (Lipinski definition) is 1. The summed E-state index contributed by atoms with van der Waals surface area (Å²) in [6.45, 7) is 1.95. The molecular formula is C17H19NO2S. The van der Waals surface area contributed by atoms with E-state index in [0.29, 0.717) is 6.10 Å². The second-order valence-electron chi connectivity index (χ2n) is 5.44. The molecule has 3 nitrogen and oxygen atoms in total. The molecular weight excluding hydrogens is 282 g/mol. The van der Waals surface area contributed by atoms with Crippen LogP contribution in [-0.4, -0.2) is 12.0 Å². The summed E-state index contributed by atoms with van der Waals surface area (Å²) in [6, 6.07) is 9.62. The van der Waals surface area contributed by atoms with Gasteiger partial charge in [0.05, 0.1) is 11.0 Å². The van der Waals surface area contributed by atoms with Crippen LogP contribution in [0.15, 0.2) is 35.7 Å². The maximum Gasteiger partial charge on any atom is 0.265 e. The van der Waals surface area contributed by atoms with E-state index in [1.165, 1.54) is 24.2 Å². The largest absolute Gasteiger partial charge is 0.490 e. The average Bonchev–Trinajstić information content (AvgIpc) is 3.10. The molecule has 1 aromatic heterocycles. The third-order valence-electron chi connectivity index (χ3n) is 3.77. The van der Waals surface area contributed by atoms with Gasteiger partial charge in [-0.3, -0.25) is 4.79 Å². The third-order valence-corrected chi connectivity index (χ3v) is 4.78. The zero-order valence-electron chi connectivity index (χ0n) is 12.1. The van der Waals surface area contributed by atoms with E-state index in [-0.39, 0.29) is 5.91 Å². The zero-order valence-corrected chi connectivity index (χ0v) is 12.9. The summed E-state index contributed by atoms with van der Waals surface area (Å²) in [5.41, 5.74) is 1.79. The molecule has 0 bridgehead atoms. The highest BCUT2D eigenvalue weighted by atomic mass is 32.1. The number of nitrogens with one attached hydrogen (secondary N) is 1. The van der Waals surface area contributed by atoms with Gasteiger partial charge < -0.3 is 10.1 Å². The molecule has 1 fully saturated rings. The van der Waals surface area contributed by atoms with Crippen LogP contribution in [0.5, 0.6) is 5.75 Å². The van der Waals surface area contributed by atoms with Crippen LogP contribution in [-0.2, 0) is 0 Å². The summed E-state index contributed by atoms with van der Waals surface area (Å²) in [7, 11) is 0. The number of benzene rings is 1. The number of anilines is 1. The molecule has 1 N–H and O–H groups in total. The van der Waals surface area contributed by atoms with Gasteiger partial charge in [-0.25, -0.2) is 0 Å². The quantitative estimate of drug-likeness (QED) is 0.894. The van der Waals surface area contributed by atoms with Gasteiger partial charge in [0.1, 0.15) is 5.75 Å². The lowest BCUT2D eigenvalue weighted by Crippen LogP contribution is -2.13. The maximum atomic E-state index is 12.2. The van der Waals surface area contributed by atoms with Gasteiger partial charge >= 0.3 is 0 Å². The number of rotatable bonds is 4. The molecule has 1 aromatic carbocycles. The lowest BCUT2D eigenvalue weighted by molar-refractivity contribution is 0.103. The minimum atomic E-state index is -0.0551. The molecule has 0 saturated heterocycles. The number of aryl methyl sites for hydroxylation is 1. The molecule has 1 saturated carbocycles. The molecule has 110 valence electrons. The summed E-state index contributed by atoms with van der Waals surface area (Å²) >= 11 is 1.46. The number of ether oxygens (including phenoxy) is 1. The van der Waals surface area contributed by atoms with Crippen LogP contribution in [0.1, 0.15) is 40.9 Å². The molecule has 21 heavy (non-hydrogen) atoms. The van der Waals surface area contributed by atoms with E-state index in [1.54, 1.807) is 0 Å². The number of hydrogen-bond acceptors (Lipinski definition) is 3. The highest BCUT2D eigenvalue weighted by Crippen LogP contribution is 2.26. The highest BCUT2D eigenvalue weighted by molar-refractivity contribution is 7.12. The molecule has 1 heterocycles. The monoisotopic (exact) mass is 301 g/mol. The zero-order chi connectivity index (χ0) is 14.7. The SMILES string of the molecule is Cc1ccsc1C(=O)Nc1cccc(OC2CCCC2)c1. The van der Waals surface area contributed by atoms with Gasteiger partial charge in [-0.15, -0.1) is 11.3 Å². The van der Waals surface area contributed by atoms with Crippen LogP contribution in [0.25, 0.3) is 0 Å². The summed E-state index contributed by atoms with van der Waals surface area (Å²) in [5.74, 6) is 0.781. The lowest BCUT2D eigenvalue weighted by atomic mass is 10.2. The maximum absolute atomic E-state index is 12.2. The van der Waals surface area contributed by atoms with Crippen LogP contribution < -0.4 is 10.1 Å². The van der Waals surface area contributed by atoms with Crippen molar-refractivity contribution in [2.45, 2.75) is 38.7 Å². The molecule has 0 radical (unpaired) electrons. The van der Waals surface area contributed by atoms with Crippen molar-refractivity contribution in [3.05, 3.63) is 46.2 Å². The van der Waals surface area contributed by atoms with Crippen molar-refractivity contribution < 1.29 is 9.53 Å². The van der Waals surface area contributed by atoms with E-state index < -0.39 is 0 Å². The van der Waals surface area contributed by atoms with Crippen molar-refractivity contribution in [3.63, 3.8) is 0 Å². The molecule has 1 aliphatic rings.